The van der Waals surface area contributed by atoms with Crippen LogP contribution in [-0.2, 0) is 9.90 Å². The molecule has 0 aliphatic heterocycles. The minimum atomic E-state index is -0.960. The van der Waals surface area contributed by atoms with E-state index in [0.29, 0.717) is 5.92 Å². The topological polar surface area (TPSA) is 37.0 Å². The molecule has 0 saturated carbocycles. The lowest BCUT2D eigenvalue weighted by Gasteiger charge is -2.28. The van der Waals surface area contributed by atoms with Gasteiger partial charge in [-0.05, 0) is 25.7 Å². The molecular weight excluding hydrogens is 140 g/mol. The summed E-state index contributed by atoms with van der Waals surface area (Å²) in [5.74, 6) is -0.436. The highest BCUT2D eigenvalue weighted by Gasteiger charge is 2.36. The Morgan fingerprint density at radius 2 is 1.55 bits per heavy atom. The lowest BCUT2D eigenvalue weighted by molar-refractivity contribution is -0.157. The smallest absolute Gasteiger partial charge is 0.247 e. The van der Waals surface area contributed by atoms with Crippen molar-refractivity contribution in [1.29, 1.82) is 0 Å². The average molecular weight is 157 g/mol. The molecule has 2 nitrogen and oxygen atoms in total. The summed E-state index contributed by atoms with van der Waals surface area (Å²) < 4.78 is 0. The molecule has 0 saturated heterocycles. The largest absolute Gasteiger partial charge is 0.361 e. The molecule has 1 atom stereocenters. The minimum Gasteiger partial charge on any atom is -0.247 e. The fraction of sp³-hybridized carbons (Fsp3) is 0.889. The zero-order chi connectivity index (χ0) is 9.23. The quantitative estimate of drug-likeness (QED) is 0.619. The van der Waals surface area contributed by atoms with Gasteiger partial charge >= 0.3 is 5.97 Å². The van der Waals surface area contributed by atoms with Crippen LogP contribution in [0.3, 0.4) is 0 Å². The highest BCUT2D eigenvalue weighted by molar-refractivity contribution is 5.73. The van der Waals surface area contributed by atoms with Crippen LogP contribution >= 0.6 is 0 Å². The Morgan fingerprint density at radius 1 is 1.18 bits per heavy atom. The molecule has 11 heavy (non-hydrogen) atoms. The molecule has 0 spiro atoms. The molecule has 0 amide bonds. The summed E-state index contributed by atoms with van der Waals surface area (Å²) >= 11 is 0. The third kappa shape index (κ3) is 2.21. The van der Waals surface area contributed by atoms with E-state index in [9.17, 15) is 9.90 Å². The van der Waals surface area contributed by atoms with Gasteiger partial charge in [-0.1, -0.05) is 20.8 Å². The summed E-state index contributed by atoms with van der Waals surface area (Å²) in [4.78, 5) is 10.7. The Kier molecular flexibility index (Phi) is 3.09. The van der Waals surface area contributed by atoms with Gasteiger partial charge in [-0.25, -0.2) is 9.90 Å². The van der Waals surface area contributed by atoms with Gasteiger partial charge < -0.3 is 0 Å². The van der Waals surface area contributed by atoms with Crippen molar-refractivity contribution in [2.45, 2.75) is 34.6 Å². The van der Waals surface area contributed by atoms with Crippen molar-refractivity contribution in [3.63, 3.8) is 0 Å². The second kappa shape index (κ2) is 3.24. The third-order valence-electron chi connectivity index (χ3n) is 2.66. The minimum absolute atomic E-state index is 0.146. The molecule has 2 heteroatoms. The molecule has 65 valence electrons. The Hall–Kier alpha value is -0.530. The summed E-state index contributed by atoms with van der Waals surface area (Å²) in [6.07, 6.45) is 0. The first-order chi connectivity index (χ1) is 4.80. The van der Waals surface area contributed by atoms with E-state index in [0.717, 1.165) is 0 Å². The molecule has 1 unspecified atom stereocenters. The second-order valence-corrected chi connectivity index (χ2v) is 4.04. The lowest BCUT2D eigenvalue weighted by Crippen LogP contribution is -2.33. The zero-order valence-electron chi connectivity index (χ0n) is 7.97. The number of hydrogen-bond acceptors (Lipinski definition) is 1. The van der Waals surface area contributed by atoms with Crippen LogP contribution < -0.4 is 0 Å². The molecule has 0 fully saturated rings. The van der Waals surface area contributed by atoms with Crippen LogP contribution in [0.1, 0.15) is 34.6 Å². The van der Waals surface area contributed by atoms with Crippen molar-refractivity contribution in [2.75, 3.05) is 0 Å². The van der Waals surface area contributed by atoms with E-state index in [-0.39, 0.29) is 5.92 Å². The molecule has 0 aromatic heterocycles. The van der Waals surface area contributed by atoms with Gasteiger partial charge in [0.1, 0.15) is 0 Å². The van der Waals surface area contributed by atoms with Gasteiger partial charge in [-0.15, -0.1) is 0 Å². The van der Waals surface area contributed by atoms with E-state index in [1.807, 2.05) is 20.8 Å². The maximum Gasteiger partial charge on any atom is 0.361 e. The van der Waals surface area contributed by atoms with Crippen LogP contribution in [0.4, 0.5) is 0 Å². The summed E-state index contributed by atoms with van der Waals surface area (Å²) in [6, 6.07) is 0. The molecule has 0 aliphatic carbocycles. The van der Waals surface area contributed by atoms with E-state index in [1.165, 1.54) is 0 Å². The summed E-state index contributed by atoms with van der Waals surface area (Å²) in [7, 11) is 0. The monoisotopic (exact) mass is 157 g/mol. The van der Waals surface area contributed by atoms with Crippen LogP contribution in [0, 0.1) is 17.3 Å². The first-order valence-corrected chi connectivity index (χ1v) is 4.01. The molecule has 0 N–H and O–H groups in total. The first kappa shape index (κ1) is 10.5. The average Bonchev–Trinajstić information content (AvgIpc) is 1.85. The van der Waals surface area contributed by atoms with Gasteiger partial charge in [0.15, 0.2) is 0 Å². The maximum absolute atomic E-state index is 10.7. The number of carbonyl (C=O) groups is 1. The zero-order valence-corrected chi connectivity index (χ0v) is 7.97. The number of carbonyl (C=O) groups excluding carboxylic acids is 1. The number of rotatable bonds is 3. The third-order valence-corrected chi connectivity index (χ3v) is 2.66. The van der Waals surface area contributed by atoms with Gasteiger partial charge in [0.2, 0.25) is 0 Å². The van der Waals surface area contributed by atoms with E-state index < -0.39 is 11.4 Å². The van der Waals surface area contributed by atoms with E-state index in [4.69, 9.17) is 0 Å². The van der Waals surface area contributed by atoms with Crippen molar-refractivity contribution < 1.29 is 9.90 Å². The Bertz CT molecular complexity index is 148. The van der Waals surface area contributed by atoms with E-state index in [1.54, 1.807) is 13.8 Å². The van der Waals surface area contributed by atoms with Crippen molar-refractivity contribution in [2.24, 2.45) is 17.3 Å². The highest BCUT2D eigenvalue weighted by atomic mass is 16.4. The van der Waals surface area contributed by atoms with Gasteiger partial charge in [-0.3, -0.25) is 0 Å². The molecule has 0 aromatic carbocycles. The molecule has 0 heterocycles. The maximum atomic E-state index is 10.7. The lowest BCUT2D eigenvalue weighted by atomic mass is 9.74. The SMILES string of the molecule is CC(C)C(C)C(C)(C)C([O])=O. The van der Waals surface area contributed by atoms with E-state index in [2.05, 4.69) is 0 Å². The highest BCUT2D eigenvalue weighted by Crippen LogP contribution is 2.32. The van der Waals surface area contributed by atoms with Crippen LogP contribution in [0.2, 0.25) is 0 Å². The molecule has 0 aromatic rings. The van der Waals surface area contributed by atoms with Crippen LogP contribution in [0.5, 0.6) is 0 Å². The van der Waals surface area contributed by atoms with E-state index >= 15 is 0 Å². The van der Waals surface area contributed by atoms with Crippen molar-refractivity contribution in [3.8, 4) is 0 Å². The van der Waals surface area contributed by atoms with Crippen LogP contribution in [-0.4, -0.2) is 5.97 Å². The molecule has 0 bridgehead atoms. The Morgan fingerprint density at radius 3 is 1.64 bits per heavy atom. The van der Waals surface area contributed by atoms with Crippen molar-refractivity contribution in [3.05, 3.63) is 0 Å². The predicted molar refractivity (Wildman–Crippen MR) is 43.5 cm³/mol. The molecule has 1 radical (unpaired) electrons. The summed E-state index contributed by atoms with van der Waals surface area (Å²) in [5.41, 5.74) is -0.714. The molecule has 0 rings (SSSR count). The first-order valence-electron chi connectivity index (χ1n) is 4.01. The Labute approximate surface area is 68.6 Å². The fourth-order valence-electron chi connectivity index (χ4n) is 1.02. The van der Waals surface area contributed by atoms with Gasteiger partial charge in [0.25, 0.3) is 0 Å². The van der Waals surface area contributed by atoms with Gasteiger partial charge in [0, 0.05) is 0 Å². The van der Waals surface area contributed by atoms with Crippen molar-refractivity contribution in [1.82, 2.24) is 0 Å². The number of hydrogen-bond donors (Lipinski definition) is 0. The fourth-order valence-corrected chi connectivity index (χ4v) is 1.02. The van der Waals surface area contributed by atoms with Gasteiger partial charge in [-0.2, -0.15) is 0 Å². The predicted octanol–water partition coefficient (Wildman–Crippen LogP) is 2.26. The second-order valence-electron chi connectivity index (χ2n) is 4.04. The summed E-state index contributed by atoms with van der Waals surface area (Å²) in [5, 5.41) is 10.7. The molecule has 0 aliphatic rings. The molecular formula is C9H17O2. The standard InChI is InChI=1S/C9H17O2/c1-6(2)7(3)9(4,5)8(10)11/h6-7H,1-5H3. The summed E-state index contributed by atoms with van der Waals surface area (Å²) in [6.45, 7) is 9.42. The van der Waals surface area contributed by atoms with Crippen molar-refractivity contribution >= 4 is 5.97 Å². The van der Waals surface area contributed by atoms with Gasteiger partial charge in [0.05, 0.1) is 5.41 Å². The van der Waals surface area contributed by atoms with Crippen LogP contribution in [0.25, 0.3) is 0 Å². The van der Waals surface area contributed by atoms with Crippen LogP contribution in [0.15, 0.2) is 0 Å². The Balaban J connectivity index is 4.42. The normalized spacial score (nSPS) is 15.1.